The molecule has 1 saturated heterocycles. The Kier molecular flexibility index (Phi) is 3.92. The molecule has 0 aromatic heterocycles. The average molecular weight is 266 g/mol. The number of amides is 4. The van der Waals surface area contributed by atoms with Crippen molar-refractivity contribution >= 4 is 17.8 Å². The van der Waals surface area contributed by atoms with Gasteiger partial charge in [-0.2, -0.15) is 0 Å². The van der Waals surface area contributed by atoms with Gasteiger partial charge >= 0.3 is 6.03 Å². The summed E-state index contributed by atoms with van der Waals surface area (Å²) in [5.74, 6) is -0.724. The molecule has 0 aromatic carbocycles. The van der Waals surface area contributed by atoms with Crippen LogP contribution in [-0.4, -0.2) is 28.8 Å². The maximum absolute atomic E-state index is 12.7. The zero-order valence-electron chi connectivity index (χ0n) is 11.7. The van der Waals surface area contributed by atoms with E-state index in [4.69, 9.17) is 0 Å². The van der Waals surface area contributed by atoms with E-state index >= 15 is 0 Å². The van der Waals surface area contributed by atoms with Gasteiger partial charge in [0.2, 0.25) is 11.8 Å². The molecule has 0 aromatic rings. The summed E-state index contributed by atoms with van der Waals surface area (Å²) in [6.07, 6.45) is 5.83. The van der Waals surface area contributed by atoms with E-state index in [-0.39, 0.29) is 11.9 Å². The van der Waals surface area contributed by atoms with Gasteiger partial charge in [-0.3, -0.25) is 19.8 Å². The van der Waals surface area contributed by atoms with Crippen molar-refractivity contribution in [3.8, 4) is 0 Å². The molecule has 0 spiro atoms. The van der Waals surface area contributed by atoms with E-state index in [2.05, 4.69) is 5.32 Å². The van der Waals surface area contributed by atoms with Gasteiger partial charge in [0.25, 0.3) is 0 Å². The number of carbonyl (C=O) groups is 3. The molecule has 4 amide bonds. The van der Waals surface area contributed by atoms with Crippen LogP contribution in [0.1, 0.15) is 58.8 Å². The Morgan fingerprint density at radius 2 is 1.68 bits per heavy atom. The van der Waals surface area contributed by atoms with Crippen LogP contribution < -0.4 is 5.32 Å². The molecule has 5 heteroatoms. The van der Waals surface area contributed by atoms with Crippen molar-refractivity contribution in [2.45, 2.75) is 64.8 Å². The van der Waals surface area contributed by atoms with E-state index < -0.39 is 17.4 Å². The van der Waals surface area contributed by atoms with Crippen molar-refractivity contribution < 1.29 is 14.4 Å². The van der Waals surface area contributed by atoms with Crippen LogP contribution in [0.25, 0.3) is 0 Å². The number of rotatable bonds is 3. The number of nitrogens with zero attached hydrogens (tertiary/aromatic N) is 1. The first-order valence-corrected chi connectivity index (χ1v) is 7.26. The number of nitrogens with one attached hydrogen (secondary N) is 1. The van der Waals surface area contributed by atoms with Crippen LogP contribution in [0, 0.1) is 5.41 Å². The fraction of sp³-hybridized carbons (Fsp3) is 0.786. The number of hydrogen-bond donors (Lipinski definition) is 1. The quantitative estimate of drug-likeness (QED) is 0.796. The van der Waals surface area contributed by atoms with E-state index in [9.17, 15) is 14.4 Å². The van der Waals surface area contributed by atoms with Gasteiger partial charge in [0, 0.05) is 6.04 Å². The van der Waals surface area contributed by atoms with Gasteiger partial charge in [-0.15, -0.1) is 0 Å². The molecule has 2 fully saturated rings. The Hall–Kier alpha value is -1.39. The van der Waals surface area contributed by atoms with Gasteiger partial charge in [0.1, 0.15) is 5.41 Å². The van der Waals surface area contributed by atoms with Crippen LogP contribution in [-0.2, 0) is 9.59 Å². The molecule has 1 aliphatic carbocycles. The molecule has 1 aliphatic heterocycles. The normalized spacial score (nSPS) is 24.5. The SMILES string of the molecule is CCC1(CC)C(=O)NC(=O)N(C2CCCCC2)C1=O. The van der Waals surface area contributed by atoms with Crippen molar-refractivity contribution in [3.05, 3.63) is 0 Å². The molecule has 0 atom stereocenters. The summed E-state index contributed by atoms with van der Waals surface area (Å²) in [7, 11) is 0. The Labute approximate surface area is 113 Å². The first kappa shape index (κ1) is 14.0. The zero-order valence-corrected chi connectivity index (χ0v) is 11.7. The maximum Gasteiger partial charge on any atom is 0.331 e. The lowest BCUT2D eigenvalue weighted by molar-refractivity contribution is -0.154. The molecule has 19 heavy (non-hydrogen) atoms. The van der Waals surface area contributed by atoms with E-state index in [1.54, 1.807) is 0 Å². The molecule has 2 rings (SSSR count). The van der Waals surface area contributed by atoms with E-state index in [0.29, 0.717) is 12.8 Å². The zero-order chi connectivity index (χ0) is 14.0. The van der Waals surface area contributed by atoms with Crippen LogP contribution in [0.3, 0.4) is 0 Å². The topological polar surface area (TPSA) is 66.5 Å². The third kappa shape index (κ3) is 2.15. The van der Waals surface area contributed by atoms with Gasteiger partial charge in [0.05, 0.1) is 0 Å². The Morgan fingerprint density at radius 3 is 2.21 bits per heavy atom. The highest BCUT2D eigenvalue weighted by molar-refractivity contribution is 6.19. The van der Waals surface area contributed by atoms with Gasteiger partial charge in [-0.05, 0) is 25.7 Å². The van der Waals surface area contributed by atoms with Crippen molar-refractivity contribution in [3.63, 3.8) is 0 Å². The lowest BCUT2D eigenvalue weighted by Crippen LogP contribution is -2.66. The van der Waals surface area contributed by atoms with Gasteiger partial charge in [-0.1, -0.05) is 33.1 Å². The summed E-state index contributed by atoms with van der Waals surface area (Å²) in [6.45, 7) is 3.66. The first-order chi connectivity index (χ1) is 9.06. The highest BCUT2D eigenvalue weighted by atomic mass is 16.2. The molecule has 5 nitrogen and oxygen atoms in total. The van der Waals surface area contributed by atoms with E-state index in [1.165, 1.54) is 4.90 Å². The predicted octanol–water partition coefficient (Wildman–Crippen LogP) is 2.20. The van der Waals surface area contributed by atoms with Crippen LogP contribution >= 0.6 is 0 Å². The average Bonchev–Trinajstić information content (AvgIpc) is 2.41. The molecule has 0 bridgehead atoms. The second kappa shape index (κ2) is 5.31. The number of hydrogen-bond acceptors (Lipinski definition) is 3. The van der Waals surface area contributed by atoms with Crippen LogP contribution in [0.15, 0.2) is 0 Å². The Morgan fingerprint density at radius 1 is 1.11 bits per heavy atom. The number of urea groups is 1. The molecule has 1 heterocycles. The second-order valence-electron chi connectivity index (χ2n) is 5.52. The number of imide groups is 2. The highest BCUT2D eigenvalue weighted by Gasteiger charge is 2.52. The molecular weight excluding hydrogens is 244 g/mol. The summed E-state index contributed by atoms with van der Waals surface area (Å²) in [5.41, 5.74) is -1.05. The van der Waals surface area contributed by atoms with E-state index in [0.717, 1.165) is 32.1 Å². The Bertz CT molecular complexity index is 395. The highest BCUT2D eigenvalue weighted by Crippen LogP contribution is 2.35. The molecule has 2 aliphatic rings. The predicted molar refractivity (Wildman–Crippen MR) is 70.3 cm³/mol. The minimum atomic E-state index is -1.05. The smallest absolute Gasteiger partial charge is 0.277 e. The van der Waals surface area contributed by atoms with Crippen LogP contribution in [0.4, 0.5) is 4.79 Å². The molecule has 1 N–H and O–H groups in total. The Balaban J connectivity index is 2.29. The summed E-state index contributed by atoms with van der Waals surface area (Å²) in [5, 5.41) is 2.38. The van der Waals surface area contributed by atoms with Gasteiger partial charge in [-0.25, -0.2) is 4.79 Å². The first-order valence-electron chi connectivity index (χ1n) is 7.26. The molecule has 1 saturated carbocycles. The monoisotopic (exact) mass is 266 g/mol. The molecule has 0 unspecified atom stereocenters. The minimum absolute atomic E-state index is 0.0353. The standard InChI is InChI=1S/C14H22N2O3/c1-3-14(4-2)11(17)15-13(19)16(12(14)18)10-8-6-5-7-9-10/h10H,3-9H2,1-2H3,(H,15,17,19). The van der Waals surface area contributed by atoms with Crippen LogP contribution in [0.2, 0.25) is 0 Å². The fourth-order valence-electron chi connectivity index (χ4n) is 3.24. The second-order valence-corrected chi connectivity index (χ2v) is 5.52. The number of carbonyl (C=O) groups excluding carboxylic acids is 3. The summed E-state index contributed by atoms with van der Waals surface area (Å²) >= 11 is 0. The lowest BCUT2D eigenvalue weighted by Gasteiger charge is -2.42. The van der Waals surface area contributed by atoms with Gasteiger partial charge in [0.15, 0.2) is 0 Å². The fourth-order valence-corrected chi connectivity index (χ4v) is 3.24. The van der Waals surface area contributed by atoms with Gasteiger partial charge < -0.3 is 0 Å². The lowest BCUT2D eigenvalue weighted by atomic mass is 9.77. The minimum Gasteiger partial charge on any atom is -0.277 e. The van der Waals surface area contributed by atoms with Crippen molar-refractivity contribution in [2.24, 2.45) is 5.41 Å². The molecule has 0 radical (unpaired) electrons. The third-order valence-electron chi connectivity index (χ3n) is 4.65. The summed E-state index contributed by atoms with van der Waals surface area (Å²) in [6, 6.07) is -0.564. The molecular formula is C14H22N2O3. The van der Waals surface area contributed by atoms with E-state index in [1.807, 2.05) is 13.8 Å². The number of barbiturate groups is 1. The van der Waals surface area contributed by atoms with Crippen LogP contribution in [0.5, 0.6) is 0 Å². The maximum atomic E-state index is 12.7. The van der Waals surface area contributed by atoms with Crippen molar-refractivity contribution in [2.75, 3.05) is 0 Å². The van der Waals surface area contributed by atoms with Crippen molar-refractivity contribution in [1.29, 1.82) is 0 Å². The third-order valence-corrected chi connectivity index (χ3v) is 4.65. The summed E-state index contributed by atoms with van der Waals surface area (Å²) in [4.78, 5) is 38.1. The van der Waals surface area contributed by atoms with Crippen molar-refractivity contribution in [1.82, 2.24) is 10.2 Å². The largest absolute Gasteiger partial charge is 0.331 e. The summed E-state index contributed by atoms with van der Waals surface area (Å²) < 4.78 is 0. The molecule has 106 valence electrons.